The van der Waals surface area contributed by atoms with Gasteiger partial charge in [-0.15, -0.1) is 5.10 Å². The van der Waals surface area contributed by atoms with E-state index in [4.69, 9.17) is 5.73 Å². The predicted octanol–water partition coefficient (Wildman–Crippen LogP) is 1.94. The van der Waals surface area contributed by atoms with E-state index in [1.165, 1.54) is 19.2 Å². The second kappa shape index (κ2) is 3.90. The highest BCUT2D eigenvalue weighted by Gasteiger charge is 2.30. The first-order valence-corrected chi connectivity index (χ1v) is 6.38. The average Bonchev–Trinajstić information content (AvgIpc) is 2.73. The molecule has 2 N–H and O–H groups in total. The lowest BCUT2D eigenvalue weighted by molar-refractivity contribution is 0.175. The van der Waals surface area contributed by atoms with Crippen molar-refractivity contribution in [2.75, 3.05) is 5.73 Å². The van der Waals surface area contributed by atoms with Gasteiger partial charge in [0.25, 0.3) is 0 Å². The SMILES string of the molecule is CC1(C)CCCC(n2nnc3c(N)ncnc32)C1. The van der Waals surface area contributed by atoms with E-state index in [1.54, 1.807) is 0 Å². The molecule has 6 nitrogen and oxygen atoms in total. The van der Waals surface area contributed by atoms with Gasteiger partial charge in [-0.1, -0.05) is 25.5 Å². The van der Waals surface area contributed by atoms with Gasteiger partial charge in [-0.3, -0.25) is 0 Å². The Bertz CT molecular complexity index is 573. The lowest BCUT2D eigenvalue weighted by Crippen LogP contribution is -2.25. The van der Waals surface area contributed by atoms with E-state index in [1.807, 2.05) is 4.68 Å². The van der Waals surface area contributed by atoms with Crippen LogP contribution in [-0.2, 0) is 0 Å². The number of anilines is 1. The second-order valence-electron chi connectivity index (χ2n) is 5.88. The molecule has 1 unspecified atom stereocenters. The number of hydrogen-bond acceptors (Lipinski definition) is 5. The highest BCUT2D eigenvalue weighted by Crippen LogP contribution is 2.41. The lowest BCUT2D eigenvalue weighted by atomic mass is 9.75. The van der Waals surface area contributed by atoms with Crippen LogP contribution < -0.4 is 5.73 Å². The number of nitrogens with zero attached hydrogens (tertiary/aromatic N) is 5. The molecule has 2 aromatic rings. The van der Waals surface area contributed by atoms with Gasteiger partial charge in [0.1, 0.15) is 6.33 Å². The highest BCUT2D eigenvalue weighted by atomic mass is 15.5. The van der Waals surface area contributed by atoms with E-state index in [9.17, 15) is 0 Å². The molecule has 0 spiro atoms. The number of rotatable bonds is 1. The van der Waals surface area contributed by atoms with Crippen molar-refractivity contribution in [3.63, 3.8) is 0 Å². The standard InChI is InChI=1S/C12H18N6/c1-12(2)5-3-4-8(6-12)18-11-9(16-17-18)10(13)14-7-15-11/h7-8H,3-6H2,1-2H3,(H2,13,14,15). The van der Waals surface area contributed by atoms with Gasteiger partial charge in [0.2, 0.25) is 0 Å². The molecule has 1 atom stereocenters. The van der Waals surface area contributed by atoms with Crippen LogP contribution in [0.15, 0.2) is 6.33 Å². The van der Waals surface area contributed by atoms with Gasteiger partial charge in [0.15, 0.2) is 17.0 Å². The van der Waals surface area contributed by atoms with Crippen LogP contribution in [0.1, 0.15) is 45.6 Å². The van der Waals surface area contributed by atoms with Gasteiger partial charge in [-0.05, 0) is 24.7 Å². The summed E-state index contributed by atoms with van der Waals surface area (Å²) in [7, 11) is 0. The predicted molar refractivity (Wildman–Crippen MR) is 68.8 cm³/mol. The third kappa shape index (κ3) is 1.81. The van der Waals surface area contributed by atoms with E-state index in [-0.39, 0.29) is 0 Å². The number of nitrogens with two attached hydrogens (primary N) is 1. The molecule has 0 aromatic carbocycles. The largest absolute Gasteiger partial charge is 0.382 e. The quantitative estimate of drug-likeness (QED) is 0.831. The van der Waals surface area contributed by atoms with Crippen molar-refractivity contribution < 1.29 is 0 Å². The molecular formula is C12H18N6. The van der Waals surface area contributed by atoms with Crippen LogP contribution in [0.4, 0.5) is 5.82 Å². The Morgan fingerprint density at radius 3 is 3.00 bits per heavy atom. The van der Waals surface area contributed by atoms with Crippen molar-refractivity contribution in [2.45, 2.75) is 45.6 Å². The van der Waals surface area contributed by atoms with Crippen molar-refractivity contribution in [1.82, 2.24) is 25.0 Å². The summed E-state index contributed by atoms with van der Waals surface area (Å²) in [5.41, 5.74) is 7.51. The molecule has 0 amide bonds. The summed E-state index contributed by atoms with van der Waals surface area (Å²) in [6, 6.07) is 0.369. The van der Waals surface area contributed by atoms with E-state index < -0.39 is 0 Å². The first-order valence-electron chi connectivity index (χ1n) is 6.38. The third-order valence-electron chi connectivity index (χ3n) is 3.81. The third-order valence-corrected chi connectivity index (χ3v) is 3.81. The summed E-state index contributed by atoms with van der Waals surface area (Å²) in [5.74, 6) is 0.404. The van der Waals surface area contributed by atoms with Gasteiger partial charge in [0, 0.05) is 0 Å². The molecule has 0 bridgehead atoms. The fourth-order valence-corrected chi connectivity index (χ4v) is 2.89. The molecule has 1 fully saturated rings. The Hall–Kier alpha value is -1.72. The second-order valence-corrected chi connectivity index (χ2v) is 5.88. The molecule has 0 aliphatic heterocycles. The van der Waals surface area contributed by atoms with Crippen molar-refractivity contribution >= 4 is 17.0 Å². The Balaban J connectivity index is 2.02. The minimum atomic E-state index is 0.361. The van der Waals surface area contributed by atoms with E-state index >= 15 is 0 Å². The van der Waals surface area contributed by atoms with Gasteiger partial charge in [0.05, 0.1) is 6.04 Å². The minimum Gasteiger partial charge on any atom is -0.382 e. The van der Waals surface area contributed by atoms with E-state index in [0.717, 1.165) is 18.5 Å². The highest BCUT2D eigenvalue weighted by molar-refractivity contribution is 5.80. The number of hydrogen-bond donors (Lipinski definition) is 1. The summed E-state index contributed by atoms with van der Waals surface area (Å²) in [6.45, 7) is 4.61. The first-order chi connectivity index (χ1) is 8.57. The topological polar surface area (TPSA) is 82.5 Å². The summed E-state index contributed by atoms with van der Waals surface area (Å²) in [6.07, 6.45) is 6.21. The molecule has 18 heavy (non-hydrogen) atoms. The van der Waals surface area contributed by atoms with Crippen molar-refractivity contribution in [1.29, 1.82) is 0 Å². The summed E-state index contributed by atoms with van der Waals surface area (Å²) >= 11 is 0. The van der Waals surface area contributed by atoms with Crippen molar-refractivity contribution in [3.05, 3.63) is 6.33 Å². The van der Waals surface area contributed by atoms with Crippen molar-refractivity contribution in [3.8, 4) is 0 Å². The Kier molecular flexibility index (Phi) is 2.46. The van der Waals surface area contributed by atoms with E-state index in [0.29, 0.717) is 22.8 Å². The fourth-order valence-electron chi connectivity index (χ4n) is 2.89. The normalized spacial score (nSPS) is 23.3. The molecule has 1 aliphatic carbocycles. The van der Waals surface area contributed by atoms with Crippen LogP contribution in [0.3, 0.4) is 0 Å². The Morgan fingerprint density at radius 2 is 2.22 bits per heavy atom. The van der Waals surface area contributed by atoms with Gasteiger partial charge in [-0.2, -0.15) is 0 Å². The number of nitrogen functional groups attached to an aromatic ring is 1. The molecule has 0 saturated heterocycles. The molecule has 2 aromatic heterocycles. The maximum Gasteiger partial charge on any atom is 0.184 e. The van der Waals surface area contributed by atoms with Crippen LogP contribution in [0.2, 0.25) is 0 Å². The van der Waals surface area contributed by atoms with Crippen LogP contribution in [-0.4, -0.2) is 25.0 Å². The summed E-state index contributed by atoms with van der Waals surface area (Å²) in [5, 5.41) is 8.33. The molecular weight excluding hydrogens is 228 g/mol. The lowest BCUT2D eigenvalue weighted by Gasteiger charge is -2.34. The fraction of sp³-hybridized carbons (Fsp3) is 0.667. The summed E-state index contributed by atoms with van der Waals surface area (Å²) in [4.78, 5) is 8.22. The average molecular weight is 246 g/mol. The molecule has 1 saturated carbocycles. The van der Waals surface area contributed by atoms with Crippen LogP contribution in [0.25, 0.3) is 11.2 Å². The maximum absolute atomic E-state index is 5.79. The zero-order valence-electron chi connectivity index (χ0n) is 10.8. The number of fused-ring (bicyclic) bond motifs is 1. The maximum atomic E-state index is 5.79. The minimum absolute atomic E-state index is 0.361. The zero-order valence-corrected chi connectivity index (χ0v) is 10.8. The molecule has 96 valence electrons. The molecule has 3 rings (SSSR count). The van der Waals surface area contributed by atoms with Crippen LogP contribution in [0, 0.1) is 5.41 Å². The van der Waals surface area contributed by atoms with Gasteiger partial charge in [-0.25, -0.2) is 14.6 Å². The molecule has 6 heteroatoms. The Labute approximate surface area is 106 Å². The summed E-state index contributed by atoms with van der Waals surface area (Å²) < 4.78 is 1.92. The molecule has 2 heterocycles. The smallest absolute Gasteiger partial charge is 0.184 e. The monoisotopic (exact) mass is 246 g/mol. The number of aromatic nitrogens is 5. The molecule has 1 aliphatic rings. The van der Waals surface area contributed by atoms with Crippen molar-refractivity contribution in [2.24, 2.45) is 5.41 Å². The van der Waals surface area contributed by atoms with Crippen LogP contribution in [0.5, 0.6) is 0 Å². The van der Waals surface area contributed by atoms with Crippen LogP contribution >= 0.6 is 0 Å². The molecule has 0 radical (unpaired) electrons. The van der Waals surface area contributed by atoms with Gasteiger partial charge >= 0.3 is 0 Å². The van der Waals surface area contributed by atoms with Gasteiger partial charge < -0.3 is 5.73 Å². The van der Waals surface area contributed by atoms with E-state index in [2.05, 4.69) is 34.1 Å². The first kappa shape index (κ1) is 11.4. The Morgan fingerprint density at radius 1 is 1.39 bits per heavy atom. The zero-order chi connectivity index (χ0) is 12.8.